The van der Waals surface area contributed by atoms with Gasteiger partial charge < -0.3 is 4.79 Å². The summed E-state index contributed by atoms with van der Waals surface area (Å²) in [6, 6.07) is 0. The van der Waals surface area contributed by atoms with Gasteiger partial charge in [-0.25, -0.2) is 0 Å². The van der Waals surface area contributed by atoms with Crippen LogP contribution in [-0.2, 0) is 9.59 Å². The molecule has 0 bridgehead atoms. The van der Waals surface area contributed by atoms with Crippen molar-refractivity contribution in [2.75, 3.05) is 0 Å². The minimum atomic E-state index is -0.347. The van der Waals surface area contributed by atoms with Crippen LogP contribution >= 0.6 is 0 Å². The molecule has 0 aromatic heterocycles. The van der Waals surface area contributed by atoms with E-state index in [-0.39, 0.29) is 5.41 Å². The molecule has 4 atom stereocenters. The SMILES string of the molecule is O=CC1=C[C@@H]2CCCC[C@@H]2[C@H]2C[C@@]12C=O. The van der Waals surface area contributed by atoms with Crippen LogP contribution in [0.1, 0.15) is 32.1 Å². The number of allylic oxidation sites excluding steroid dienone is 2. The van der Waals surface area contributed by atoms with Gasteiger partial charge in [0.15, 0.2) is 0 Å². The molecule has 2 nitrogen and oxygen atoms in total. The summed E-state index contributed by atoms with van der Waals surface area (Å²) in [4.78, 5) is 22.2. The summed E-state index contributed by atoms with van der Waals surface area (Å²) < 4.78 is 0. The maximum absolute atomic E-state index is 11.2. The predicted molar refractivity (Wildman–Crippen MR) is 56.2 cm³/mol. The van der Waals surface area contributed by atoms with E-state index in [9.17, 15) is 9.59 Å². The Kier molecular flexibility index (Phi) is 1.88. The van der Waals surface area contributed by atoms with Gasteiger partial charge in [-0.1, -0.05) is 18.9 Å². The highest BCUT2D eigenvalue weighted by molar-refractivity contribution is 5.88. The van der Waals surface area contributed by atoms with Crippen molar-refractivity contribution in [3.63, 3.8) is 0 Å². The first-order chi connectivity index (χ1) is 7.31. The van der Waals surface area contributed by atoms with E-state index in [1.54, 1.807) is 0 Å². The molecule has 0 spiro atoms. The Morgan fingerprint density at radius 3 is 2.80 bits per heavy atom. The van der Waals surface area contributed by atoms with Crippen molar-refractivity contribution in [2.24, 2.45) is 23.2 Å². The van der Waals surface area contributed by atoms with Gasteiger partial charge in [-0.3, -0.25) is 4.79 Å². The number of carbonyl (C=O) groups is 2. The lowest BCUT2D eigenvalue weighted by atomic mass is 9.69. The summed E-state index contributed by atoms with van der Waals surface area (Å²) in [5.74, 6) is 1.76. The average Bonchev–Trinajstić information content (AvgIpc) is 3.04. The topological polar surface area (TPSA) is 34.1 Å². The van der Waals surface area contributed by atoms with Gasteiger partial charge in [-0.05, 0) is 37.0 Å². The number of fused-ring (bicyclic) bond motifs is 3. The molecule has 2 saturated carbocycles. The Labute approximate surface area is 89.7 Å². The first-order valence-corrected chi connectivity index (χ1v) is 5.95. The maximum Gasteiger partial charge on any atom is 0.146 e. The molecule has 0 amide bonds. The van der Waals surface area contributed by atoms with E-state index >= 15 is 0 Å². The van der Waals surface area contributed by atoms with Gasteiger partial charge in [0, 0.05) is 5.57 Å². The quantitative estimate of drug-likeness (QED) is 0.646. The second-order valence-electron chi connectivity index (χ2n) is 5.32. The van der Waals surface area contributed by atoms with E-state index in [4.69, 9.17) is 0 Å². The Morgan fingerprint density at radius 2 is 2.07 bits per heavy atom. The molecule has 2 fully saturated rings. The lowest BCUT2D eigenvalue weighted by molar-refractivity contribution is -0.114. The highest BCUT2D eigenvalue weighted by atomic mass is 16.1. The minimum absolute atomic E-state index is 0.347. The lowest BCUT2D eigenvalue weighted by Crippen LogP contribution is -2.29. The summed E-state index contributed by atoms with van der Waals surface area (Å²) in [7, 11) is 0. The van der Waals surface area contributed by atoms with Crippen LogP contribution in [0, 0.1) is 23.2 Å². The number of hydrogen-bond donors (Lipinski definition) is 0. The summed E-state index contributed by atoms with van der Waals surface area (Å²) in [5.41, 5.74) is 0.436. The van der Waals surface area contributed by atoms with Crippen molar-refractivity contribution in [1.29, 1.82) is 0 Å². The number of rotatable bonds is 2. The molecule has 0 N–H and O–H groups in total. The molecule has 15 heavy (non-hydrogen) atoms. The summed E-state index contributed by atoms with van der Waals surface area (Å²) in [6.45, 7) is 0. The second kappa shape index (κ2) is 3.03. The van der Waals surface area contributed by atoms with Crippen molar-refractivity contribution in [3.8, 4) is 0 Å². The van der Waals surface area contributed by atoms with Crippen LogP contribution in [0.3, 0.4) is 0 Å². The van der Waals surface area contributed by atoms with Gasteiger partial charge in [0.2, 0.25) is 0 Å². The van der Waals surface area contributed by atoms with Gasteiger partial charge >= 0.3 is 0 Å². The number of hydrogen-bond acceptors (Lipinski definition) is 2. The Balaban J connectivity index is 1.98. The van der Waals surface area contributed by atoms with Gasteiger partial charge in [-0.2, -0.15) is 0 Å². The van der Waals surface area contributed by atoms with Crippen molar-refractivity contribution < 1.29 is 9.59 Å². The first-order valence-electron chi connectivity index (χ1n) is 5.95. The van der Waals surface area contributed by atoms with Crippen LogP contribution in [-0.4, -0.2) is 12.6 Å². The van der Waals surface area contributed by atoms with Crippen molar-refractivity contribution in [2.45, 2.75) is 32.1 Å². The Morgan fingerprint density at radius 1 is 1.27 bits per heavy atom. The zero-order valence-corrected chi connectivity index (χ0v) is 8.82. The lowest BCUT2D eigenvalue weighted by Gasteiger charge is -2.35. The normalized spacial score (nSPS) is 47.2. The van der Waals surface area contributed by atoms with Gasteiger partial charge in [0.05, 0.1) is 5.41 Å². The average molecular weight is 204 g/mol. The van der Waals surface area contributed by atoms with E-state index in [1.807, 2.05) is 0 Å². The Hall–Kier alpha value is -0.920. The van der Waals surface area contributed by atoms with Crippen LogP contribution in [0.2, 0.25) is 0 Å². The van der Waals surface area contributed by atoms with E-state index in [0.717, 1.165) is 24.6 Å². The van der Waals surface area contributed by atoms with E-state index in [2.05, 4.69) is 6.08 Å². The molecule has 0 radical (unpaired) electrons. The smallest absolute Gasteiger partial charge is 0.146 e. The van der Waals surface area contributed by atoms with Gasteiger partial charge in [-0.15, -0.1) is 0 Å². The third-order valence-electron chi connectivity index (χ3n) is 4.72. The molecule has 0 aromatic carbocycles. The van der Waals surface area contributed by atoms with Crippen LogP contribution < -0.4 is 0 Å². The van der Waals surface area contributed by atoms with Crippen LogP contribution in [0.15, 0.2) is 11.6 Å². The third kappa shape index (κ3) is 1.11. The maximum atomic E-state index is 11.2. The highest BCUT2D eigenvalue weighted by Gasteiger charge is 2.63. The zero-order valence-electron chi connectivity index (χ0n) is 8.82. The molecule has 3 aliphatic carbocycles. The molecule has 3 rings (SSSR count). The van der Waals surface area contributed by atoms with Crippen molar-refractivity contribution in [3.05, 3.63) is 11.6 Å². The van der Waals surface area contributed by atoms with E-state index in [1.165, 1.54) is 25.7 Å². The van der Waals surface area contributed by atoms with E-state index < -0.39 is 0 Å². The molecule has 80 valence electrons. The second-order valence-corrected chi connectivity index (χ2v) is 5.32. The monoisotopic (exact) mass is 204 g/mol. The fraction of sp³-hybridized carbons (Fsp3) is 0.692. The molecule has 0 saturated heterocycles. The molecule has 2 heteroatoms. The Bertz CT molecular complexity index is 344. The largest absolute Gasteiger partial charge is 0.302 e. The fourth-order valence-electron chi connectivity index (χ4n) is 3.80. The fourth-order valence-corrected chi connectivity index (χ4v) is 3.80. The molecular formula is C13H16O2. The van der Waals surface area contributed by atoms with Gasteiger partial charge in [0.25, 0.3) is 0 Å². The van der Waals surface area contributed by atoms with Crippen molar-refractivity contribution in [1.82, 2.24) is 0 Å². The molecule has 0 aromatic rings. The number of aldehydes is 2. The highest BCUT2D eigenvalue weighted by Crippen LogP contribution is 2.65. The number of carbonyl (C=O) groups excluding carboxylic acids is 2. The summed E-state index contributed by atoms with van der Waals surface area (Å²) in [5, 5.41) is 0. The predicted octanol–water partition coefficient (Wildman–Crippen LogP) is 2.14. The summed E-state index contributed by atoms with van der Waals surface area (Å²) in [6.07, 6.45) is 10.0. The van der Waals surface area contributed by atoms with E-state index in [0.29, 0.717) is 17.8 Å². The summed E-state index contributed by atoms with van der Waals surface area (Å²) >= 11 is 0. The van der Waals surface area contributed by atoms with Gasteiger partial charge in [0.1, 0.15) is 12.6 Å². The molecular weight excluding hydrogens is 188 g/mol. The minimum Gasteiger partial charge on any atom is -0.302 e. The third-order valence-corrected chi connectivity index (χ3v) is 4.72. The standard InChI is InChI=1S/C13H16O2/c14-7-10-5-9-3-1-2-4-11(9)12-6-13(10,12)8-15/h5,7-9,11-12H,1-4,6H2/t9-,11-,12+,13+/m0/s1. The molecule has 0 aliphatic heterocycles. The van der Waals surface area contributed by atoms with Crippen LogP contribution in [0.25, 0.3) is 0 Å². The first kappa shape index (κ1) is 9.32. The zero-order chi connectivity index (χ0) is 10.5. The van der Waals surface area contributed by atoms with Crippen molar-refractivity contribution >= 4 is 12.6 Å². The molecule has 3 aliphatic rings. The molecule has 0 heterocycles. The van der Waals surface area contributed by atoms with Crippen LogP contribution in [0.5, 0.6) is 0 Å². The molecule has 0 unspecified atom stereocenters. The van der Waals surface area contributed by atoms with Crippen LogP contribution in [0.4, 0.5) is 0 Å².